The number of nitrogens with one attached hydrogen (secondary N) is 2. The summed E-state index contributed by atoms with van der Waals surface area (Å²) < 4.78 is 1.56. The van der Waals surface area contributed by atoms with E-state index in [1.54, 1.807) is 35.0 Å². The van der Waals surface area contributed by atoms with E-state index in [0.29, 0.717) is 16.9 Å². The van der Waals surface area contributed by atoms with Crippen LogP contribution in [0.1, 0.15) is 22.8 Å². The lowest BCUT2D eigenvalue weighted by atomic mass is 10.1. The van der Waals surface area contributed by atoms with Gasteiger partial charge in [0.1, 0.15) is 6.33 Å². The van der Waals surface area contributed by atoms with Crippen LogP contribution in [0.15, 0.2) is 48.8 Å². The Morgan fingerprint density at radius 1 is 1.00 bits per heavy atom. The molecule has 0 radical (unpaired) electrons. The zero-order valence-electron chi connectivity index (χ0n) is 13.7. The lowest BCUT2D eigenvalue weighted by Crippen LogP contribution is -2.12. The van der Waals surface area contributed by atoms with Crippen LogP contribution in [0.25, 0.3) is 5.69 Å². The van der Waals surface area contributed by atoms with E-state index in [0.717, 1.165) is 11.3 Å². The van der Waals surface area contributed by atoms with Crippen molar-refractivity contribution in [2.24, 2.45) is 0 Å². The van der Waals surface area contributed by atoms with E-state index >= 15 is 0 Å². The fourth-order valence-corrected chi connectivity index (χ4v) is 2.37. The molecule has 0 aliphatic rings. The summed E-state index contributed by atoms with van der Waals surface area (Å²) in [6.45, 7) is 3.34. The second kappa shape index (κ2) is 6.91. The average Bonchev–Trinajstić information content (AvgIpc) is 3.09. The van der Waals surface area contributed by atoms with Gasteiger partial charge in [-0.25, -0.2) is 4.68 Å². The molecule has 2 amide bonds. The maximum atomic E-state index is 12.3. The minimum Gasteiger partial charge on any atom is -0.326 e. The third kappa shape index (κ3) is 3.86. The average molecular weight is 336 g/mol. The summed E-state index contributed by atoms with van der Waals surface area (Å²) >= 11 is 0. The van der Waals surface area contributed by atoms with Crippen molar-refractivity contribution in [3.63, 3.8) is 0 Å². The Kier molecular flexibility index (Phi) is 4.51. The smallest absolute Gasteiger partial charge is 0.255 e. The van der Waals surface area contributed by atoms with Crippen LogP contribution >= 0.6 is 0 Å². The maximum Gasteiger partial charge on any atom is 0.255 e. The number of hydrogen-bond acceptors (Lipinski definition) is 5. The fraction of sp³-hybridized carbons (Fsp3) is 0.118. The van der Waals surface area contributed by atoms with Gasteiger partial charge >= 0.3 is 0 Å². The number of carbonyl (C=O) groups is 2. The molecule has 0 atom stereocenters. The SMILES string of the molecule is CC(=O)Nc1ccc(C(=O)Nc2ccc(-n3cnnn3)c(C)c2)cc1. The number of rotatable bonds is 4. The molecule has 3 aromatic rings. The molecule has 0 bridgehead atoms. The first-order valence-corrected chi connectivity index (χ1v) is 7.56. The van der Waals surface area contributed by atoms with Gasteiger partial charge < -0.3 is 10.6 Å². The lowest BCUT2D eigenvalue weighted by molar-refractivity contribution is -0.114. The second-order valence-electron chi connectivity index (χ2n) is 5.47. The predicted molar refractivity (Wildman–Crippen MR) is 92.6 cm³/mol. The summed E-state index contributed by atoms with van der Waals surface area (Å²) in [5, 5.41) is 16.6. The van der Waals surface area contributed by atoms with Crippen molar-refractivity contribution in [2.45, 2.75) is 13.8 Å². The summed E-state index contributed by atoms with van der Waals surface area (Å²) in [4.78, 5) is 23.3. The second-order valence-corrected chi connectivity index (χ2v) is 5.47. The lowest BCUT2D eigenvalue weighted by Gasteiger charge is -2.10. The van der Waals surface area contributed by atoms with Crippen LogP contribution in [0.3, 0.4) is 0 Å². The molecule has 1 heterocycles. The Morgan fingerprint density at radius 2 is 1.72 bits per heavy atom. The minimum atomic E-state index is -0.232. The fourth-order valence-electron chi connectivity index (χ4n) is 2.37. The van der Waals surface area contributed by atoms with Gasteiger partial charge in [0.2, 0.25) is 5.91 Å². The molecule has 8 nitrogen and oxygen atoms in total. The number of amides is 2. The summed E-state index contributed by atoms with van der Waals surface area (Å²) in [7, 11) is 0. The molecule has 1 aromatic heterocycles. The van der Waals surface area contributed by atoms with E-state index in [2.05, 4.69) is 26.2 Å². The summed E-state index contributed by atoms with van der Waals surface area (Å²) in [5.41, 5.74) is 3.57. The van der Waals surface area contributed by atoms with Gasteiger partial charge in [-0.1, -0.05) is 0 Å². The number of aryl methyl sites for hydroxylation is 1. The largest absolute Gasteiger partial charge is 0.326 e. The zero-order chi connectivity index (χ0) is 17.8. The normalized spacial score (nSPS) is 10.3. The molecule has 126 valence electrons. The van der Waals surface area contributed by atoms with E-state index in [4.69, 9.17) is 0 Å². The highest BCUT2D eigenvalue weighted by molar-refractivity contribution is 6.04. The van der Waals surface area contributed by atoms with Crippen LogP contribution in [-0.2, 0) is 4.79 Å². The molecular formula is C17H16N6O2. The van der Waals surface area contributed by atoms with Gasteiger partial charge in [0.05, 0.1) is 5.69 Å². The minimum absolute atomic E-state index is 0.157. The molecule has 0 aliphatic heterocycles. The first-order chi connectivity index (χ1) is 12.0. The monoisotopic (exact) mass is 336 g/mol. The van der Waals surface area contributed by atoms with Crippen molar-refractivity contribution in [1.82, 2.24) is 20.2 Å². The van der Waals surface area contributed by atoms with Crippen LogP contribution in [0, 0.1) is 6.92 Å². The Bertz CT molecular complexity index is 903. The molecule has 3 rings (SSSR count). The molecule has 0 fully saturated rings. The molecule has 8 heteroatoms. The van der Waals surface area contributed by atoms with Gasteiger partial charge in [0.15, 0.2) is 0 Å². The summed E-state index contributed by atoms with van der Waals surface area (Å²) in [6.07, 6.45) is 1.51. The van der Waals surface area contributed by atoms with E-state index in [1.165, 1.54) is 13.3 Å². The van der Waals surface area contributed by atoms with Crippen molar-refractivity contribution in [3.05, 3.63) is 59.9 Å². The first-order valence-electron chi connectivity index (χ1n) is 7.56. The van der Waals surface area contributed by atoms with Gasteiger partial charge in [-0.05, 0) is 65.4 Å². The Labute approximate surface area is 143 Å². The molecule has 2 N–H and O–H groups in total. The maximum absolute atomic E-state index is 12.3. The Balaban J connectivity index is 1.72. The highest BCUT2D eigenvalue weighted by Crippen LogP contribution is 2.19. The number of carbonyl (C=O) groups excluding carboxylic acids is 2. The molecule has 0 unspecified atom stereocenters. The van der Waals surface area contributed by atoms with Crippen molar-refractivity contribution < 1.29 is 9.59 Å². The topological polar surface area (TPSA) is 102 Å². The van der Waals surface area contributed by atoms with Gasteiger partial charge in [-0.3, -0.25) is 9.59 Å². The molecular weight excluding hydrogens is 320 g/mol. The van der Waals surface area contributed by atoms with Crippen LogP contribution in [0.4, 0.5) is 11.4 Å². The Hall–Kier alpha value is -3.55. The summed E-state index contributed by atoms with van der Waals surface area (Å²) in [6, 6.07) is 12.1. The van der Waals surface area contributed by atoms with Gasteiger partial charge in [0, 0.05) is 23.9 Å². The van der Waals surface area contributed by atoms with Crippen molar-refractivity contribution >= 4 is 23.2 Å². The van der Waals surface area contributed by atoms with Crippen LogP contribution in [0.2, 0.25) is 0 Å². The van der Waals surface area contributed by atoms with E-state index in [9.17, 15) is 9.59 Å². The van der Waals surface area contributed by atoms with Crippen LogP contribution in [-0.4, -0.2) is 32.0 Å². The van der Waals surface area contributed by atoms with Gasteiger partial charge in [-0.15, -0.1) is 5.10 Å². The van der Waals surface area contributed by atoms with E-state index in [-0.39, 0.29) is 11.8 Å². The zero-order valence-corrected chi connectivity index (χ0v) is 13.7. The molecule has 0 saturated heterocycles. The quantitative estimate of drug-likeness (QED) is 0.760. The number of anilines is 2. The summed E-state index contributed by atoms with van der Waals surface area (Å²) in [5.74, 6) is -0.390. The van der Waals surface area contributed by atoms with E-state index < -0.39 is 0 Å². The molecule has 0 aliphatic carbocycles. The molecule has 0 saturated carbocycles. The first kappa shape index (κ1) is 16.3. The van der Waals surface area contributed by atoms with E-state index in [1.807, 2.05) is 19.1 Å². The molecule has 2 aromatic carbocycles. The highest BCUT2D eigenvalue weighted by Gasteiger charge is 2.09. The van der Waals surface area contributed by atoms with Gasteiger partial charge in [-0.2, -0.15) is 0 Å². The van der Waals surface area contributed by atoms with Crippen molar-refractivity contribution in [2.75, 3.05) is 10.6 Å². The number of nitrogens with zero attached hydrogens (tertiary/aromatic N) is 4. The number of aromatic nitrogens is 4. The standard InChI is InChI=1S/C17H16N6O2/c1-11-9-15(7-8-16(11)23-10-18-21-22-23)20-17(25)13-3-5-14(6-4-13)19-12(2)24/h3-10H,1-2H3,(H,19,24)(H,20,25). The number of hydrogen-bond donors (Lipinski definition) is 2. The van der Waals surface area contributed by atoms with Crippen molar-refractivity contribution in [1.29, 1.82) is 0 Å². The Morgan fingerprint density at radius 3 is 2.32 bits per heavy atom. The van der Waals surface area contributed by atoms with Crippen LogP contribution in [0.5, 0.6) is 0 Å². The predicted octanol–water partition coefficient (Wildman–Crippen LogP) is 2.18. The third-order valence-corrected chi connectivity index (χ3v) is 3.52. The van der Waals surface area contributed by atoms with Crippen molar-refractivity contribution in [3.8, 4) is 5.69 Å². The number of benzene rings is 2. The molecule has 25 heavy (non-hydrogen) atoms. The van der Waals surface area contributed by atoms with Gasteiger partial charge in [0.25, 0.3) is 5.91 Å². The third-order valence-electron chi connectivity index (χ3n) is 3.52. The van der Waals surface area contributed by atoms with Crippen LogP contribution < -0.4 is 10.6 Å². The number of tetrazole rings is 1. The highest BCUT2D eigenvalue weighted by atomic mass is 16.2. The molecule has 0 spiro atoms.